The fourth-order valence-corrected chi connectivity index (χ4v) is 2.59. The van der Waals surface area contributed by atoms with Gasteiger partial charge in [-0.3, -0.25) is 4.98 Å². The van der Waals surface area contributed by atoms with Gasteiger partial charge in [-0.15, -0.1) is 0 Å². The Labute approximate surface area is 120 Å². The summed E-state index contributed by atoms with van der Waals surface area (Å²) in [7, 11) is 0. The van der Waals surface area contributed by atoms with E-state index in [1.165, 1.54) is 0 Å². The van der Waals surface area contributed by atoms with Gasteiger partial charge in [0.2, 0.25) is 0 Å². The Balaban J connectivity index is 2.20. The standard InChI is InChI=1S/C16H23N3O/c1-11(2)9-16(3,20)10-19-14-7-8-18-15-12(14)5-4-6-13(15)17/h4-8,11,20H,9-10,17H2,1-3H3,(H,18,19). The highest BCUT2D eigenvalue weighted by molar-refractivity contribution is 5.97. The van der Waals surface area contributed by atoms with Crippen molar-refractivity contribution < 1.29 is 5.11 Å². The van der Waals surface area contributed by atoms with Gasteiger partial charge < -0.3 is 16.2 Å². The maximum absolute atomic E-state index is 10.4. The van der Waals surface area contributed by atoms with Gasteiger partial charge in [0, 0.05) is 23.8 Å². The largest absolute Gasteiger partial charge is 0.397 e. The number of nitrogen functional groups attached to an aromatic ring is 1. The quantitative estimate of drug-likeness (QED) is 0.732. The molecule has 0 bridgehead atoms. The molecule has 4 N–H and O–H groups in total. The number of fused-ring (bicyclic) bond motifs is 1. The van der Waals surface area contributed by atoms with Crippen molar-refractivity contribution in [1.82, 2.24) is 4.98 Å². The third-order valence-electron chi connectivity index (χ3n) is 3.31. The summed E-state index contributed by atoms with van der Waals surface area (Å²) in [5.74, 6) is 0.455. The number of hydrogen-bond donors (Lipinski definition) is 3. The number of para-hydroxylation sites is 1. The topological polar surface area (TPSA) is 71.2 Å². The molecule has 4 heteroatoms. The van der Waals surface area contributed by atoms with Crippen LogP contribution in [0.4, 0.5) is 11.4 Å². The number of nitrogens with zero attached hydrogens (tertiary/aromatic N) is 1. The Morgan fingerprint density at radius 1 is 1.35 bits per heavy atom. The lowest BCUT2D eigenvalue weighted by atomic mass is 9.94. The molecule has 1 heterocycles. The van der Waals surface area contributed by atoms with Crippen LogP contribution in [0.25, 0.3) is 10.9 Å². The molecule has 0 aliphatic rings. The van der Waals surface area contributed by atoms with E-state index >= 15 is 0 Å². The average Bonchev–Trinajstić information content (AvgIpc) is 2.35. The molecule has 2 aromatic rings. The fraction of sp³-hybridized carbons (Fsp3) is 0.438. The number of hydrogen-bond acceptors (Lipinski definition) is 4. The maximum atomic E-state index is 10.4. The highest BCUT2D eigenvalue weighted by Crippen LogP contribution is 2.26. The van der Waals surface area contributed by atoms with Gasteiger partial charge in [0.25, 0.3) is 0 Å². The monoisotopic (exact) mass is 273 g/mol. The molecule has 1 unspecified atom stereocenters. The Morgan fingerprint density at radius 3 is 2.80 bits per heavy atom. The van der Waals surface area contributed by atoms with E-state index in [-0.39, 0.29) is 0 Å². The molecule has 108 valence electrons. The van der Waals surface area contributed by atoms with Crippen LogP contribution in [0.3, 0.4) is 0 Å². The lowest BCUT2D eigenvalue weighted by Crippen LogP contribution is -2.34. The third kappa shape index (κ3) is 3.39. The van der Waals surface area contributed by atoms with Crippen molar-refractivity contribution in [3.05, 3.63) is 30.5 Å². The molecule has 2 rings (SSSR count). The van der Waals surface area contributed by atoms with Crippen molar-refractivity contribution in [3.63, 3.8) is 0 Å². The highest BCUT2D eigenvalue weighted by atomic mass is 16.3. The van der Waals surface area contributed by atoms with Crippen LogP contribution >= 0.6 is 0 Å². The van der Waals surface area contributed by atoms with Crippen LogP contribution < -0.4 is 11.1 Å². The first-order chi connectivity index (χ1) is 9.39. The number of nitrogens with one attached hydrogen (secondary N) is 1. The minimum absolute atomic E-state index is 0.455. The Bertz CT molecular complexity index is 593. The Hall–Kier alpha value is -1.81. The second-order valence-electron chi connectivity index (χ2n) is 6.05. The molecule has 0 saturated carbocycles. The molecule has 0 radical (unpaired) electrons. The van der Waals surface area contributed by atoms with E-state index in [9.17, 15) is 5.11 Å². The summed E-state index contributed by atoms with van der Waals surface area (Å²) in [4.78, 5) is 4.31. The molecule has 1 aromatic heterocycles. The smallest absolute Gasteiger partial charge is 0.0951 e. The number of rotatable bonds is 5. The molecule has 0 fully saturated rings. The van der Waals surface area contributed by atoms with Gasteiger partial charge in [-0.25, -0.2) is 0 Å². The van der Waals surface area contributed by atoms with Gasteiger partial charge >= 0.3 is 0 Å². The zero-order chi connectivity index (χ0) is 14.8. The van der Waals surface area contributed by atoms with E-state index in [0.717, 1.165) is 23.0 Å². The highest BCUT2D eigenvalue weighted by Gasteiger charge is 2.21. The van der Waals surface area contributed by atoms with Crippen molar-refractivity contribution >= 4 is 22.3 Å². The summed E-state index contributed by atoms with van der Waals surface area (Å²) < 4.78 is 0. The summed E-state index contributed by atoms with van der Waals surface area (Å²) in [5.41, 5.74) is 7.61. The molecule has 0 amide bonds. The number of anilines is 2. The predicted octanol–water partition coefficient (Wildman–Crippen LogP) is 3.03. The van der Waals surface area contributed by atoms with Gasteiger partial charge in [-0.1, -0.05) is 26.0 Å². The summed E-state index contributed by atoms with van der Waals surface area (Å²) in [6, 6.07) is 7.65. The van der Waals surface area contributed by atoms with Gasteiger partial charge in [-0.05, 0) is 31.4 Å². The summed E-state index contributed by atoms with van der Waals surface area (Å²) in [6.45, 7) is 6.57. The summed E-state index contributed by atoms with van der Waals surface area (Å²) >= 11 is 0. The minimum Gasteiger partial charge on any atom is -0.397 e. The first-order valence-corrected chi connectivity index (χ1v) is 6.98. The minimum atomic E-state index is -0.732. The number of aromatic nitrogens is 1. The molecule has 4 nitrogen and oxygen atoms in total. The van der Waals surface area contributed by atoms with Crippen molar-refractivity contribution in [3.8, 4) is 0 Å². The Morgan fingerprint density at radius 2 is 2.10 bits per heavy atom. The normalized spacial score (nSPS) is 14.4. The zero-order valence-electron chi connectivity index (χ0n) is 12.4. The number of benzene rings is 1. The fourth-order valence-electron chi connectivity index (χ4n) is 2.59. The lowest BCUT2D eigenvalue weighted by molar-refractivity contribution is 0.0516. The predicted molar refractivity (Wildman–Crippen MR) is 84.7 cm³/mol. The molecule has 0 aliphatic carbocycles. The van der Waals surface area contributed by atoms with Crippen LogP contribution in [0.15, 0.2) is 30.5 Å². The molecule has 0 saturated heterocycles. The maximum Gasteiger partial charge on any atom is 0.0951 e. The average molecular weight is 273 g/mol. The van der Waals surface area contributed by atoms with Crippen LogP contribution in [-0.4, -0.2) is 22.2 Å². The van der Waals surface area contributed by atoms with Gasteiger partial charge in [0.15, 0.2) is 0 Å². The Kier molecular flexibility index (Phi) is 4.14. The number of pyridine rings is 1. The van der Waals surface area contributed by atoms with E-state index in [0.29, 0.717) is 18.2 Å². The second kappa shape index (κ2) is 5.67. The SMILES string of the molecule is CC(C)CC(C)(O)CNc1ccnc2c(N)cccc12. The second-order valence-corrected chi connectivity index (χ2v) is 6.05. The molecule has 1 atom stereocenters. The van der Waals surface area contributed by atoms with Gasteiger partial charge in [-0.2, -0.15) is 0 Å². The molecule has 0 aliphatic heterocycles. The van der Waals surface area contributed by atoms with Crippen molar-refractivity contribution in [2.45, 2.75) is 32.8 Å². The number of aliphatic hydroxyl groups is 1. The van der Waals surface area contributed by atoms with Crippen molar-refractivity contribution in [2.75, 3.05) is 17.6 Å². The van der Waals surface area contributed by atoms with E-state index in [2.05, 4.69) is 24.1 Å². The molecular weight excluding hydrogens is 250 g/mol. The van der Waals surface area contributed by atoms with E-state index < -0.39 is 5.60 Å². The van der Waals surface area contributed by atoms with E-state index in [1.807, 2.05) is 31.2 Å². The number of nitrogens with two attached hydrogens (primary N) is 1. The van der Waals surface area contributed by atoms with Crippen LogP contribution in [0.2, 0.25) is 0 Å². The zero-order valence-corrected chi connectivity index (χ0v) is 12.4. The van der Waals surface area contributed by atoms with Crippen molar-refractivity contribution in [2.24, 2.45) is 5.92 Å². The molecular formula is C16H23N3O. The van der Waals surface area contributed by atoms with E-state index in [4.69, 9.17) is 5.73 Å². The lowest BCUT2D eigenvalue weighted by Gasteiger charge is -2.26. The first kappa shape index (κ1) is 14.6. The molecule has 1 aromatic carbocycles. The first-order valence-electron chi connectivity index (χ1n) is 6.98. The summed E-state index contributed by atoms with van der Waals surface area (Å²) in [6.07, 6.45) is 2.49. The van der Waals surface area contributed by atoms with Crippen LogP contribution in [0, 0.1) is 5.92 Å². The molecule has 0 spiro atoms. The summed E-state index contributed by atoms with van der Waals surface area (Å²) in [5, 5.41) is 14.7. The van der Waals surface area contributed by atoms with Crippen LogP contribution in [0.1, 0.15) is 27.2 Å². The van der Waals surface area contributed by atoms with Crippen LogP contribution in [0.5, 0.6) is 0 Å². The van der Waals surface area contributed by atoms with Crippen LogP contribution in [-0.2, 0) is 0 Å². The molecule has 20 heavy (non-hydrogen) atoms. The van der Waals surface area contributed by atoms with E-state index in [1.54, 1.807) is 6.20 Å². The van der Waals surface area contributed by atoms with Gasteiger partial charge in [0.05, 0.1) is 16.8 Å². The third-order valence-corrected chi connectivity index (χ3v) is 3.31. The van der Waals surface area contributed by atoms with Crippen molar-refractivity contribution in [1.29, 1.82) is 0 Å². The van der Waals surface area contributed by atoms with Gasteiger partial charge in [0.1, 0.15) is 0 Å².